The van der Waals surface area contributed by atoms with Crippen LogP contribution in [-0.4, -0.2) is 26.0 Å². The van der Waals surface area contributed by atoms with Gasteiger partial charge in [0.25, 0.3) is 0 Å². The Morgan fingerprint density at radius 2 is 1.88 bits per heavy atom. The molecule has 1 heterocycles. The average Bonchev–Trinajstić information content (AvgIpc) is 2.82. The number of hydrogen-bond acceptors (Lipinski definition) is 6. The molecule has 0 bridgehead atoms. The number of ketones is 1. The fourth-order valence-corrected chi connectivity index (χ4v) is 4.61. The fraction of sp³-hybridized carbons (Fsp3) is 0.308. The first kappa shape index (κ1) is 22.9. The second kappa shape index (κ2) is 9.71. The number of dihydropyridines is 1. The van der Waals surface area contributed by atoms with E-state index in [4.69, 9.17) is 25.8 Å². The number of carbonyl (C=O) groups excluding carboxylic acids is 2. The summed E-state index contributed by atoms with van der Waals surface area (Å²) in [5, 5.41) is 3.91. The second-order valence-electron chi connectivity index (χ2n) is 8.07. The number of carbonyl (C=O) groups is 2. The normalized spacial score (nSPS) is 17.9. The van der Waals surface area contributed by atoms with E-state index in [0.29, 0.717) is 39.8 Å². The molecule has 2 aromatic carbocycles. The van der Waals surface area contributed by atoms with E-state index in [1.807, 2.05) is 25.1 Å². The Bertz CT molecular complexity index is 1150. The molecule has 0 aromatic heterocycles. The number of methoxy groups -OCH3 is 2. The van der Waals surface area contributed by atoms with Gasteiger partial charge in [-0.15, -0.1) is 0 Å². The summed E-state index contributed by atoms with van der Waals surface area (Å²) in [5.74, 6) is 0.419. The predicted molar refractivity (Wildman–Crippen MR) is 125 cm³/mol. The number of ether oxygens (including phenoxy) is 3. The topological polar surface area (TPSA) is 73.9 Å². The zero-order chi connectivity index (χ0) is 23.5. The Hall–Kier alpha value is -3.25. The van der Waals surface area contributed by atoms with Crippen molar-refractivity contribution in [1.82, 2.24) is 5.32 Å². The first-order valence-corrected chi connectivity index (χ1v) is 11.2. The molecule has 1 aliphatic heterocycles. The number of benzene rings is 2. The van der Waals surface area contributed by atoms with Crippen LogP contribution in [0.15, 0.2) is 65.0 Å². The maximum atomic E-state index is 13.0. The van der Waals surface area contributed by atoms with Crippen molar-refractivity contribution in [2.24, 2.45) is 0 Å². The zero-order valence-electron chi connectivity index (χ0n) is 18.9. The van der Waals surface area contributed by atoms with E-state index in [2.05, 4.69) is 5.32 Å². The SMILES string of the molecule is COC(=O)C1=C(C)NC2=C(C(=O)CCC2)[C@@H]1c1ccc(OC)c(COc2ccc(Cl)cc2)c1. The van der Waals surface area contributed by atoms with E-state index < -0.39 is 11.9 Å². The molecule has 0 saturated carbocycles. The Morgan fingerprint density at radius 1 is 1.12 bits per heavy atom. The van der Waals surface area contributed by atoms with E-state index in [1.165, 1.54) is 7.11 Å². The number of esters is 1. The summed E-state index contributed by atoms with van der Waals surface area (Å²) >= 11 is 5.96. The molecule has 0 amide bonds. The number of nitrogens with one attached hydrogen (secondary N) is 1. The predicted octanol–water partition coefficient (Wildman–Crippen LogP) is 5.07. The van der Waals surface area contributed by atoms with Gasteiger partial charge in [0.15, 0.2) is 5.78 Å². The molecule has 33 heavy (non-hydrogen) atoms. The molecule has 1 N–H and O–H groups in total. The summed E-state index contributed by atoms with van der Waals surface area (Å²) in [6.07, 6.45) is 2.03. The van der Waals surface area contributed by atoms with Gasteiger partial charge in [0.05, 0.1) is 19.8 Å². The maximum absolute atomic E-state index is 13.0. The van der Waals surface area contributed by atoms with Crippen LogP contribution >= 0.6 is 11.6 Å². The Labute approximate surface area is 198 Å². The summed E-state index contributed by atoms with van der Waals surface area (Å²) in [5.41, 5.74) is 4.29. The van der Waals surface area contributed by atoms with Gasteiger partial charge < -0.3 is 19.5 Å². The van der Waals surface area contributed by atoms with Crippen molar-refractivity contribution >= 4 is 23.4 Å². The minimum absolute atomic E-state index is 0.0532. The molecule has 4 rings (SSSR count). The molecule has 172 valence electrons. The Kier molecular flexibility index (Phi) is 6.75. The van der Waals surface area contributed by atoms with Crippen LogP contribution in [0.5, 0.6) is 11.5 Å². The van der Waals surface area contributed by atoms with Crippen LogP contribution in [0.3, 0.4) is 0 Å². The third-order valence-corrected chi connectivity index (χ3v) is 6.28. The van der Waals surface area contributed by atoms with Crippen molar-refractivity contribution in [1.29, 1.82) is 0 Å². The molecular weight excluding hydrogens is 442 g/mol. The molecule has 0 fully saturated rings. The first-order chi connectivity index (χ1) is 15.9. The third kappa shape index (κ3) is 4.62. The minimum atomic E-state index is -0.512. The van der Waals surface area contributed by atoms with Gasteiger partial charge in [0, 0.05) is 39.9 Å². The lowest BCUT2D eigenvalue weighted by molar-refractivity contribution is -0.136. The van der Waals surface area contributed by atoms with Crippen LogP contribution in [0.25, 0.3) is 0 Å². The Morgan fingerprint density at radius 3 is 2.58 bits per heavy atom. The smallest absolute Gasteiger partial charge is 0.336 e. The lowest BCUT2D eigenvalue weighted by atomic mass is 9.75. The molecule has 0 spiro atoms. The molecule has 2 aromatic rings. The molecule has 2 aliphatic rings. The van der Waals surface area contributed by atoms with Gasteiger partial charge in [0.1, 0.15) is 18.1 Å². The van der Waals surface area contributed by atoms with Crippen molar-refractivity contribution in [2.45, 2.75) is 38.7 Å². The largest absolute Gasteiger partial charge is 0.496 e. The highest BCUT2D eigenvalue weighted by Crippen LogP contribution is 2.43. The molecule has 0 unspecified atom stereocenters. The first-order valence-electron chi connectivity index (χ1n) is 10.8. The molecule has 0 saturated heterocycles. The molecule has 0 radical (unpaired) electrons. The van der Waals surface area contributed by atoms with Gasteiger partial charge >= 0.3 is 5.97 Å². The molecular formula is C26H26ClNO5. The Balaban J connectivity index is 1.75. The van der Waals surface area contributed by atoms with Gasteiger partial charge in [-0.2, -0.15) is 0 Å². The van der Waals surface area contributed by atoms with Gasteiger partial charge in [0.2, 0.25) is 0 Å². The average molecular weight is 468 g/mol. The van der Waals surface area contributed by atoms with Crippen LogP contribution in [0.4, 0.5) is 0 Å². The van der Waals surface area contributed by atoms with E-state index in [-0.39, 0.29) is 12.4 Å². The molecule has 7 heteroatoms. The van der Waals surface area contributed by atoms with Gasteiger partial charge in [-0.25, -0.2) is 4.79 Å². The summed E-state index contributed by atoms with van der Waals surface area (Å²) in [7, 11) is 2.95. The monoisotopic (exact) mass is 467 g/mol. The lowest BCUT2D eigenvalue weighted by Crippen LogP contribution is -2.34. The quantitative estimate of drug-likeness (QED) is 0.598. The van der Waals surface area contributed by atoms with Crippen molar-refractivity contribution in [2.75, 3.05) is 14.2 Å². The highest BCUT2D eigenvalue weighted by atomic mass is 35.5. The van der Waals surface area contributed by atoms with Crippen molar-refractivity contribution in [3.63, 3.8) is 0 Å². The molecule has 6 nitrogen and oxygen atoms in total. The van der Waals surface area contributed by atoms with Crippen LogP contribution in [-0.2, 0) is 20.9 Å². The van der Waals surface area contributed by atoms with Crippen molar-refractivity contribution < 1.29 is 23.8 Å². The molecule has 1 aliphatic carbocycles. The van der Waals surface area contributed by atoms with E-state index >= 15 is 0 Å². The van der Waals surface area contributed by atoms with Gasteiger partial charge in [-0.05, 0) is 61.7 Å². The highest BCUT2D eigenvalue weighted by molar-refractivity contribution is 6.30. The summed E-state index contributed by atoms with van der Waals surface area (Å²) in [6, 6.07) is 12.8. The van der Waals surface area contributed by atoms with E-state index in [1.54, 1.807) is 31.4 Å². The van der Waals surface area contributed by atoms with Gasteiger partial charge in [-0.1, -0.05) is 17.7 Å². The number of halogens is 1. The number of rotatable bonds is 6. The fourth-order valence-electron chi connectivity index (χ4n) is 4.48. The second-order valence-corrected chi connectivity index (χ2v) is 8.51. The standard InChI is InChI=1S/C26H26ClNO5/c1-15-23(26(30)32-3)24(25-20(28-15)5-4-6-21(25)29)16-7-12-22(31-2)17(13-16)14-33-19-10-8-18(27)9-11-19/h7-13,24,28H,4-6,14H2,1-3H3/t24-/m1/s1. The lowest BCUT2D eigenvalue weighted by Gasteiger charge is -2.34. The third-order valence-electron chi connectivity index (χ3n) is 6.03. The zero-order valence-corrected chi connectivity index (χ0v) is 19.6. The summed E-state index contributed by atoms with van der Waals surface area (Å²) < 4.78 is 16.6. The van der Waals surface area contributed by atoms with E-state index in [9.17, 15) is 9.59 Å². The number of allylic oxidation sites excluding steroid dienone is 3. The van der Waals surface area contributed by atoms with Crippen molar-refractivity contribution in [3.05, 3.63) is 81.2 Å². The van der Waals surface area contributed by atoms with Crippen LogP contribution in [0.1, 0.15) is 43.2 Å². The van der Waals surface area contributed by atoms with Crippen LogP contribution in [0.2, 0.25) is 5.02 Å². The highest BCUT2D eigenvalue weighted by Gasteiger charge is 2.39. The summed E-state index contributed by atoms with van der Waals surface area (Å²) in [6.45, 7) is 2.09. The molecule has 1 atom stereocenters. The van der Waals surface area contributed by atoms with Crippen molar-refractivity contribution in [3.8, 4) is 11.5 Å². The number of Topliss-reactive ketones (excluding diaryl/α,β-unsaturated/α-hetero) is 1. The van der Waals surface area contributed by atoms with E-state index in [0.717, 1.165) is 29.7 Å². The van der Waals surface area contributed by atoms with Gasteiger partial charge in [-0.3, -0.25) is 4.79 Å². The van der Waals surface area contributed by atoms with Crippen LogP contribution in [0, 0.1) is 0 Å². The summed E-state index contributed by atoms with van der Waals surface area (Å²) in [4.78, 5) is 25.8. The van der Waals surface area contributed by atoms with Crippen LogP contribution < -0.4 is 14.8 Å². The maximum Gasteiger partial charge on any atom is 0.336 e. The minimum Gasteiger partial charge on any atom is -0.496 e. The number of hydrogen-bond donors (Lipinski definition) is 1.